The number of carboxylic acids is 1. The number of nitrogens with zero attached hydrogens (tertiary/aromatic N) is 1. The molecule has 2 aromatic carbocycles. The predicted octanol–water partition coefficient (Wildman–Crippen LogP) is 6.70. The Kier molecular flexibility index (Phi) is 6.92. The molecule has 2 heterocycles. The molecular formula is C24H25Cl3FNO3. The number of ether oxygens (including phenoxy) is 1. The van der Waals surface area contributed by atoms with E-state index in [1.54, 1.807) is 24.3 Å². The minimum Gasteiger partial charge on any atom is -0.490 e. The summed E-state index contributed by atoms with van der Waals surface area (Å²) < 4.78 is 20.7. The van der Waals surface area contributed by atoms with E-state index in [-0.39, 0.29) is 24.1 Å². The van der Waals surface area contributed by atoms with Crippen LogP contribution in [0, 0.1) is 5.82 Å². The molecule has 0 spiro atoms. The Morgan fingerprint density at radius 2 is 1.66 bits per heavy atom. The van der Waals surface area contributed by atoms with E-state index in [0.29, 0.717) is 40.3 Å². The van der Waals surface area contributed by atoms with Crippen LogP contribution >= 0.6 is 35.6 Å². The van der Waals surface area contributed by atoms with Gasteiger partial charge in [-0.3, -0.25) is 4.90 Å². The van der Waals surface area contributed by atoms with Crippen LogP contribution in [0.2, 0.25) is 10.0 Å². The maximum absolute atomic E-state index is 14.5. The smallest absolute Gasteiger partial charge is 0.338 e. The van der Waals surface area contributed by atoms with Crippen LogP contribution in [0.4, 0.5) is 4.39 Å². The van der Waals surface area contributed by atoms with Crippen molar-refractivity contribution in [1.29, 1.82) is 0 Å². The third-order valence-corrected chi connectivity index (χ3v) is 7.25. The lowest BCUT2D eigenvalue weighted by Gasteiger charge is -2.39. The standard InChI is InChI=1S/C24H24Cl2FNO3.ClH/c25-15-6-16(26)8-19(7-15)31-20-9-17-3-4-18(10-20)28(17)12-14-5-23(27)22(24(29)30)11-21(14)13-1-2-13;/h5-8,11,13,17-18,20H,1-4,9-10,12H2,(H,29,30);1H. The van der Waals surface area contributed by atoms with Crippen molar-refractivity contribution in [2.24, 2.45) is 0 Å². The van der Waals surface area contributed by atoms with Gasteiger partial charge < -0.3 is 9.84 Å². The molecule has 1 aliphatic carbocycles. The average molecular weight is 501 g/mol. The second-order valence-corrected chi connectivity index (χ2v) is 9.86. The quantitative estimate of drug-likeness (QED) is 0.479. The third kappa shape index (κ3) is 4.86. The number of rotatable bonds is 6. The molecule has 3 aliphatic rings. The Morgan fingerprint density at radius 1 is 1.03 bits per heavy atom. The number of benzene rings is 2. The minimum atomic E-state index is -1.20. The molecule has 2 unspecified atom stereocenters. The summed E-state index contributed by atoms with van der Waals surface area (Å²) in [4.78, 5) is 13.8. The highest BCUT2D eigenvalue weighted by Crippen LogP contribution is 2.44. The molecule has 5 rings (SSSR count). The van der Waals surface area contributed by atoms with Crippen molar-refractivity contribution in [3.8, 4) is 5.75 Å². The Hall–Kier alpha value is -1.53. The van der Waals surface area contributed by atoms with Gasteiger partial charge in [0.2, 0.25) is 0 Å². The van der Waals surface area contributed by atoms with Gasteiger partial charge in [-0.05, 0) is 85.9 Å². The second kappa shape index (κ2) is 9.38. The normalized spacial score (nSPS) is 24.8. The molecule has 2 bridgehead atoms. The van der Waals surface area contributed by atoms with E-state index in [1.165, 1.54) is 6.07 Å². The molecule has 2 atom stereocenters. The fourth-order valence-corrected chi connectivity index (χ4v) is 5.78. The van der Waals surface area contributed by atoms with Crippen LogP contribution in [0.1, 0.15) is 65.9 Å². The van der Waals surface area contributed by atoms with E-state index in [2.05, 4.69) is 4.90 Å². The molecule has 32 heavy (non-hydrogen) atoms. The van der Waals surface area contributed by atoms with Crippen LogP contribution in [-0.2, 0) is 6.54 Å². The van der Waals surface area contributed by atoms with Gasteiger partial charge in [-0.15, -0.1) is 12.4 Å². The number of piperidine rings is 1. The Balaban J connectivity index is 0.00000245. The Bertz CT molecular complexity index is 996. The van der Waals surface area contributed by atoms with Gasteiger partial charge in [0.05, 0.1) is 5.56 Å². The largest absolute Gasteiger partial charge is 0.490 e. The highest BCUT2D eigenvalue weighted by atomic mass is 35.5. The van der Waals surface area contributed by atoms with E-state index in [9.17, 15) is 14.3 Å². The molecule has 172 valence electrons. The molecule has 1 N–H and O–H groups in total. The van der Waals surface area contributed by atoms with Crippen LogP contribution in [0.25, 0.3) is 0 Å². The molecule has 0 amide bonds. The molecule has 1 saturated carbocycles. The van der Waals surface area contributed by atoms with Crippen LogP contribution < -0.4 is 4.74 Å². The first-order valence-electron chi connectivity index (χ1n) is 10.8. The number of hydrogen-bond acceptors (Lipinski definition) is 3. The van der Waals surface area contributed by atoms with Gasteiger partial charge >= 0.3 is 5.97 Å². The lowest BCUT2D eigenvalue weighted by molar-refractivity contribution is 0.0443. The minimum absolute atomic E-state index is 0. The zero-order valence-electron chi connectivity index (χ0n) is 17.4. The van der Waals surface area contributed by atoms with Crippen molar-refractivity contribution < 1.29 is 19.0 Å². The Labute approximate surface area is 203 Å². The maximum Gasteiger partial charge on any atom is 0.338 e. The van der Waals surface area contributed by atoms with Crippen molar-refractivity contribution in [1.82, 2.24) is 4.90 Å². The predicted molar refractivity (Wildman–Crippen MR) is 125 cm³/mol. The first-order chi connectivity index (χ1) is 14.9. The number of aromatic carboxylic acids is 1. The SMILES string of the molecule is Cl.O=C(O)c1cc(C2CC2)c(CN2C3CCC2CC(Oc2cc(Cl)cc(Cl)c2)C3)cc1F. The van der Waals surface area contributed by atoms with E-state index >= 15 is 0 Å². The van der Waals surface area contributed by atoms with E-state index in [4.69, 9.17) is 27.9 Å². The summed E-state index contributed by atoms with van der Waals surface area (Å²) in [6.45, 7) is 0.660. The summed E-state index contributed by atoms with van der Waals surface area (Å²) >= 11 is 12.2. The summed E-state index contributed by atoms with van der Waals surface area (Å²) in [5, 5.41) is 10.4. The third-order valence-electron chi connectivity index (χ3n) is 6.81. The summed E-state index contributed by atoms with van der Waals surface area (Å²) in [7, 11) is 0. The zero-order chi connectivity index (χ0) is 21.7. The van der Waals surface area contributed by atoms with Gasteiger partial charge in [0.15, 0.2) is 0 Å². The number of fused-ring (bicyclic) bond motifs is 2. The maximum atomic E-state index is 14.5. The number of hydrogen-bond donors (Lipinski definition) is 1. The molecule has 8 heteroatoms. The van der Waals surface area contributed by atoms with Gasteiger partial charge in [-0.2, -0.15) is 0 Å². The molecule has 0 radical (unpaired) electrons. The lowest BCUT2D eigenvalue weighted by atomic mass is 9.95. The van der Waals surface area contributed by atoms with Crippen molar-refractivity contribution in [2.45, 2.75) is 69.2 Å². The first kappa shape index (κ1) is 23.6. The highest BCUT2D eigenvalue weighted by molar-refractivity contribution is 6.34. The first-order valence-corrected chi connectivity index (χ1v) is 11.6. The molecular weight excluding hydrogens is 476 g/mol. The van der Waals surface area contributed by atoms with Crippen molar-refractivity contribution in [2.75, 3.05) is 0 Å². The molecule has 2 aromatic rings. The lowest BCUT2D eigenvalue weighted by Crippen LogP contribution is -2.45. The molecule has 2 aliphatic heterocycles. The molecule has 4 nitrogen and oxygen atoms in total. The van der Waals surface area contributed by atoms with Gasteiger partial charge in [-0.25, -0.2) is 9.18 Å². The number of halogens is 4. The van der Waals surface area contributed by atoms with Gasteiger partial charge in [0.25, 0.3) is 0 Å². The van der Waals surface area contributed by atoms with E-state index in [0.717, 1.165) is 49.7 Å². The van der Waals surface area contributed by atoms with Gasteiger partial charge in [0, 0.05) is 28.7 Å². The topological polar surface area (TPSA) is 49.8 Å². The summed E-state index contributed by atoms with van der Waals surface area (Å²) in [5.74, 6) is -0.794. The average Bonchev–Trinajstić information content (AvgIpc) is 3.48. The highest BCUT2D eigenvalue weighted by Gasteiger charge is 2.42. The fourth-order valence-electron chi connectivity index (χ4n) is 5.27. The molecule has 0 aromatic heterocycles. The van der Waals surface area contributed by atoms with Crippen LogP contribution in [-0.4, -0.2) is 34.2 Å². The van der Waals surface area contributed by atoms with E-state index < -0.39 is 11.8 Å². The molecule has 2 saturated heterocycles. The summed E-state index contributed by atoms with van der Waals surface area (Å²) in [5.41, 5.74) is 1.72. The van der Waals surface area contributed by atoms with Crippen molar-refractivity contribution >= 4 is 41.6 Å². The zero-order valence-corrected chi connectivity index (χ0v) is 19.7. The summed E-state index contributed by atoms with van der Waals surface area (Å²) in [6.07, 6.45) is 6.16. The fraction of sp³-hybridized carbons (Fsp3) is 0.458. The monoisotopic (exact) mass is 499 g/mol. The van der Waals surface area contributed by atoms with E-state index in [1.807, 2.05) is 0 Å². The van der Waals surface area contributed by atoms with Crippen molar-refractivity contribution in [3.05, 3.63) is 62.9 Å². The van der Waals surface area contributed by atoms with Crippen LogP contribution in [0.3, 0.4) is 0 Å². The summed E-state index contributed by atoms with van der Waals surface area (Å²) in [6, 6.07) is 9.01. The van der Waals surface area contributed by atoms with Gasteiger partial charge in [0.1, 0.15) is 17.7 Å². The Morgan fingerprint density at radius 3 is 2.22 bits per heavy atom. The van der Waals surface area contributed by atoms with Crippen LogP contribution in [0.5, 0.6) is 5.75 Å². The number of carboxylic acid groups (broad SMARTS) is 1. The van der Waals surface area contributed by atoms with Crippen molar-refractivity contribution in [3.63, 3.8) is 0 Å². The number of carbonyl (C=O) groups is 1. The van der Waals surface area contributed by atoms with Crippen LogP contribution in [0.15, 0.2) is 30.3 Å². The van der Waals surface area contributed by atoms with Gasteiger partial charge in [-0.1, -0.05) is 23.2 Å². The second-order valence-electron chi connectivity index (χ2n) is 8.98. The molecule has 3 fully saturated rings.